The van der Waals surface area contributed by atoms with Crippen molar-refractivity contribution in [3.05, 3.63) is 84.1 Å². The summed E-state index contributed by atoms with van der Waals surface area (Å²) in [6.07, 6.45) is 6.78. The normalized spacial score (nSPS) is 11.1. The highest BCUT2D eigenvalue weighted by molar-refractivity contribution is 5.81. The van der Waals surface area contributed by atoms with Crippen molar-refractivity contribution in [3.8, 4) is 0 Å². The van der Waals surface area contributed by atoms with E-state index < -0.39 is 0 Å². The lowest BCUT2D eigenvalue weighted by atomic mass is 10.1. The van der Waals surface area contributed by atoms with Crippen molar-refractivity contribution in [2.45, 2.75) is 12.8 Å². The third kappa shape index (κ3) is 7.48. The summed E-state index contributed by atoms with van der Waals surface area (Å²) in [7, 11) is 1.37. The van der Waals surface area contributed by atoms with Gasteiger partial charge < -0.3 is 9.64 Å². The summed E-state index contributed by atoms with van der Waals surface area (Å²) in [4.78, 5) is 17.8. The maximum Gasteiger partial charge on any atom is 0.331 e. The number of nitrogens with zero attached hydrogens (tertiary/aromatic N) is 2. The molecule has 25 heavy (non-hydrogen) atoms. The molecule has 2 rings (SSSR count). The van der Waals surface area contributed by atoms with Crippen LogP contribution in [0.15, 0.2) is 77.9 Å². The molecule has 0 atom stereocenters. The van der Waals surface area contributed by atoms with Crippen molar-refractivity contribution in [3.63, 3.8) is 0 Å². The lowest BCUT2D eigenvalue weighted by Crippen LogP contribution is -2.21. The van der Waals surface area contributed by atoms with Gasteiger partial charge in [-0.15, -0.1) is 0 Å². The van der Waals surface area contributed by atoms with Gasteiger partial charge in [0.05, 0.1) is 7.11 Å². The molecule has 2 aromatic carbocycles. The number of aliphatic imine (C=N–C) groups is 1. The summed E-state index contributed by atoms with van der Waals surface area (Å²) >= 11 is 0. The number of esters is 1. The second-order valence-electron chi connectivity index (χ2n) is 5.58. The molecule has 4 nitrogen and oxygen atoms in total. The van der Waals surface area contributed by atoms with Gasteiger partial charge in [0.15, 0.2) is 0 Å². The van der Waals surface area contributed by atoms with Crippen LogP contribution in [0.4, 0.5) is 0 Å². The van der Waals surface area contributed by atoms with Gasteiger partial charge in [-0.25, -0.2) is 4.79 Å². The minimum absolute atomic E-state index is 0.363. The molecule has 0 saturated heterocycles. The zero-order valence-electron chi connectivity index (χ0n) is 14.5. The number of hydrogen-bond acceptors (Lipinski definition) is 4. The molecule has 0 aliphatic rings. The van der Waals surface area contributed by atoms with Gasteiger partial charge in [-0.2, -0.15) is 0 Å². The lowest BCUT2D eigenvalue weighted by Gasteiger charge is -2.17. The van der Waals surface area contributed by atoms with Crippen LogP contribution in [0, 0.1) is 0 Å². The average molecular weight is 336 g/mol. The van der Waals surface area contributed by atoms with Crippen LogP contribution in [-0.4, -0.2) is 37.4 Å². The number of hydrogen-bond donors (Lipinski definition) is 0. The minimum Gasteiger partial charge on any atom is -0.466 e. The topological polar surface area (TPSA) is 41.9 Å². The van der Waals surface area contributed by atoms with Crippen LogP contribution >= 0.6 is 0 Å². The Kier molecular flexibility index (Phi) is 7.98. The lowest BCUT2D eigenvalue weighted by molar-refractivity contribution is -0.134. The largest absolute Gasteiger partial charge is 0.466 e. The van der Waals surface area contributed by atoms with Crippen LogP contribution < -0.4 is 0 Å². The molecule has 0 unspecified atom stereocenters. The summed E-state index contributed by atoms with van der Waals surface area (Å²) < 4.78 is 4.66. The zero-order valence-corrected chi connectivity index (χ0v) is 14.5. The molecule has 0 spiro atoms. The highest BCUT2D eigenvalue weighted by Gasteiger charge is 2.01. The first-order valence-corrected chi connectivity index (χ1v) is 8.34. The van der Waals surface area contributed by atoms with E-state index >= 15 is 0 Å². The predicted octanol–water partition coefficient (Wildman–Crippen LogP) is 3.49. The quantitative estimate of drug-likeness (QED) is 0.400. The van der Waals surface area contributed by atoms with Crippen molar-refractivity contribution in [1.82, 2.24) is 4.90 Å². The fraction of sp³-hybridized carbons (Fsp3) is 0.238. The Morgan fingerprint density at radius 2 is 1.68 bits per heavy atom. The Labute approximate surface area is 149 Å². The molecule has 0 amide bonds. The van der Waals surface area contributed by atoms with Gasteiger partial charge in [-0.3, -0.25) is 4.99 Å². The van der Waals surface area contributed by atoms with E-state index in [1.54, 1.807) is 6.20 Å². The molecule has 0 radical (unpaired) electrons. The van der Waals surface area contributed by atoms with Crippen molar-refractivity contribution in [2.75, 3.05) is 20.3 Å². The van der Waals surface area contributed by atoms with E-state index in [0.717, 1.165) is 19.4 Å². The first-order valence-electron chi connectivity index (χ1n) is 8.34. The molecule has 0 heterocycles. The number of methoxy groups -OCH3 is 1. The summed E-state index contributed by atoms with van der Waals surface area (Å²) in [5.74, 6) is -0.363. The van der Waals surface area contributed by atoms with Gasteiger partial charge >= 0.3 is 5.97 Å². The van der Waals surface area contributed by atoms with Gasteiger partial charge in [0.1, 0.15) is 6.67 Å². The van der Waals surface area contributed by atoms with E-state index in [1.165, 1.54) is 24.3 Å². The van der Waals surface area contributed by atoms with E-state index in [0.29, 0.717) is 6.67 Å². The molecule has 0 N–H and O–H groups in total. The number of benzene rings is 2. The van der Waals surface area contributed by atoms with Crippen LogP contribution in [0.2, 0.25) is 0 Å². The molecule has 0 bridgehead atoms. The van der Waals surface area contributed by atoms with E-state index in [1.807, 2.05) is 47.5 Å². The van der Waals surface area contributed by atoms with Gasteiger partial charge in [-0.1, -0.05) is 60.7 Å². The SMILES string of the molecule is COC(=O)/C=C/N(CCc1ccccc1)C/N=C/Cc1ccccc1. The molecular formula is C21H24N2O2. The van der Waals surface area contributed by atoms with Gasteiger partial charge in [0, 0.05) is 31.5 Å². The zero-order chi connectivity index (χ0) is 17.7. The van der Waals surface area contributed by atoms with Gasteiger partial charge in [0.2, 0.25) is 0 Å². The van der Waals surface area contributed by atoms with E-state index in [9.17, 15) is 4.79 Å². The molecule has 0 aliphatic carbocycles. The van der Waals surface area contributed by atoms with E-state index in [-0.39, 0.29) is 5.97 Å². The standard InChI is InChI=1S/C21H24N2O2/c1-25-21(24)14-17-23(16-13-20-10-6-3-7-11-20)18-22-15-12-19-8-4-2-5-9-19/h2-11,14-15,17H,12-13,16,18H2,1H3/b17-14+,22-15+. The highest BCUT2D eigenvalue weighted by atomic mass is 16.5. The molecule has 0 aromatic heterocycles. The van der Waals surface area contributed by atoms with Crippen LogP contribution in [0.3, 0.4) is 0 Å². The average Bonchev–Trinajstić information content (AvgIpc) is 2.68. The van der Waals surface area contributed by atoms with Crippen molar-refractivity contribution >= 4 is 12.2 Å². The van der Waals surface area contributed by atoms with Gasteiger partial charge in [-0.05, 0) is 17.5 Å². The highest BCUT2D eigenvalue weighted by Crippen LogP contribution is 2.03. The van der Waals surface area contributed by atoms with E-state index in [4.69, 9.17) is 0 Å². The number of carbonyl (C=O) groups is 1. The molecule has 0 aliphatic heterocycles. The Balaban J connectivity index is 1.89. The maximum atomic E-state index is 11.3. The van der Waals surface area contributed by atoms with Crippen LogP contribution in [0.5, 0.6) is 0 Å². The second-order valence-corrected chi connectivity index (χ2v) is 5.58. The molecule has 0 fully saturated rings. The van der Waals surface area contributed by atoms with Gasteiger partial charge in [0.25, 0.3) is 0 Å². The molecule has 4 heteroatoms. The summed E-state index contributed by atoms with van der Waals surface area (Å²) in [5, 5.41) is 0. The molecule has 2 aromatic rings. The first-order chi connectivity index (χ1) is 12.3. The number of carbonyl (C=O) groups excluding carboxylic acids is 1. The molecule has 0 saturated carbocycles. The first kappa shape index (κ1) is 18.5. The van der Waals surface area contributed by atoms with Crippen molar-refractivity contribution < 1.29 is 9.53 Å². The number of rotatable bonds is 9. The van der Waals surface area contributed by atoms with Crippen molar-refractivity contribution in [1.29, 1.82) is 0 Å². The summed E-state index contributed by atoms with van der Waals surface area (Å²) in [6.45, 7) is 1.29. The molecular weight excluding hydrogens is 312 g/mol. The van der Waals surface area contributed by atoms with E-state index in [2.05, 4.69) is 34.0 Å². The fourth-order valence-electron chi connectivity index (χ4n) is 2.29. The van der Waals surface area contributed by atoms with Crippen molar-refractivity contribution in [2.24, 2.45) is 4.99 Å². The van der Waals surface area contributed by atoms with Crippen LogP contribution in [-0.2, 0) is 22.4 Å². The molecule has 130 valence electrons. The summed E-state index contributed by atoms with van der Waals surface area (Å²) in [5.41, 5.74) is 2.49. The third-order valence-corrected chi connectivity index (χ3v) is 3.72. The van der Waals surface area contributed by atoms with Crippen LogP contribution in [0.25, 0.3) is 0 Å². The fourth-order valence-corrected chi connectivity index (χ4v) is 2.29. The minimum atomic E-state index is -0.363. The Morgan fingerprint density at radius 1 is 1.04 bits per heavy atom. The Bertz CT molecular complexity index is 682. The second kappa shape index (κ2) is 10.8. The summed E-state index contributed by atoms with van der Waals surface area (Å²) in [6, 6.07) is 20.5. The Morgan fingerprint density at radius 3 is 2.32 bits per heavy atom. The third-order valence-electron chi connectivity index (χ3n) is 3.72. The maximum absolute atomic E-state index is 11.3. The number of ether oxygens (including phenoxy) is 1. The monoisotopic (exact) mass is 336 g/mol. The smallest absolute Gasteiger partial charge is 0.331 e. The Hall–Kier alpha value is -2.88. The predicted molar refractivity (Wildman–Crippen MR) is 102 cm³/mol. The van der Waals surface area contributed by atoms with Crippen LogP contribution in [0.1, 0.15) is 11.1 Å².